The van der Waals surface area contributed by atoms with E-state index in [2.05, 4.69) is 14.7 Å². The van der Waals surface area contributed by atoms with Crippen LogP contribution in [0.2, 0.25) is 0 Å². The molecule has 0 aromatic carbocycles. The molecule has 0 atom stereocenters. The predicted molar refractivity (Wildman–Crippen MR) is 47.2 cm³/mol. The van der Waals surface area contributed by atoms with Gasteiger partial charge in [0.15, 0.2) is 5.76 Å². The van der Waals surface area contributed by atoms with Gasteiger partial charge < -0.3 is 14.7 Å². The molecule has 0 unspecified atom stereocenters. The van der Waals surface area contributed by atoms with Crippen LogP contribution >= 0.6 is 0 Å². The average Bonchev–Trinajstić information content (AvgIpc) is 2.86. The van der Waals surface area contributed by atoms with Crippen molar-refractivity contribution < 1.29 is 18.7 Å². The van der Waals surface area contributed by atoms with Gasteiger partial charge in [0.2, 0.25) is 5.82 Å². The Hall–Kier alpha value is -2.71. The third-order valence-corrected chi connectivity index (χ3v) is 1.63. The molecule has 0 bridgehead atoms. The fourth-order valence-corrected chi connectivity index (χ4v) is 0.970. The molecule has 9 nitrogen and oxygen atoms in total. The predicted octanol–water partition coefficient (Wildman–Crippen LogP) is 0.337. The van der Waals surface area contributed by atoms with Crippen molar-refractivity contribution in [3.8, 4) is 11.6 Å². The molecule has 2 N–H and O–H groups in total. The van der Waals surface area contributed by atoms with E-state index in [9.17, 15) is 14.9 Å². The number of carbonyl (C=O) groups excluding carboxylic acids is 1. The first kappa shape index (κ1) is 9.83. The Bertz CT molecular complexity index is 506. The van der Waals surface area contributed by atoms with Crippen molar-refractivity contribution in [2.24, 2.45) is 5.73 Å². The second-order valence-corrected chi connectivity index (χ2v) is 2.68. The minimum Gasteiger partial charge on any atom is -0.397 e. The first-order chi connectivity index (χ1) is 7.58. The summed E-state index contributed by atoms with van der Waals surface area (Å²) in [6.07, 6.45) is 0. The molecule has 0 saturated heterocycles. The van der Waals surface area contributed by atoms with E-state index in [1.54, 1.807) is 0 Å². The summed E-state index contributed by atoms with van der Waals surface area (Å²) in [5.74, 6) is -1.81. The maximum absolute atomic E-state index is 10.6. The van der Waals surface area contributed by atoms with E-state index in [1.807, 2.05) is 0 Å². The van der Waals surface area contributed by atoms with Crippen molar-refractivity contribution in [2.45, 2.75) is 0 Å². The van der Waals surface area contributed by atoms with Gasteiger partial charge in [0.1, 0.15) is 4.92 Å². The second kappa shape index (κ2) is 3.46. The minimum atomic E-state index is -0.889. The number of nitro groups is 1. The zero-order chi connectivity index (χ0) is 11.7. The van der Waals surface area contributed by atoms with Gasteiger partial charge in [-0.3, -0.25) is 14.9 Å². The average molecular weight is 224 g/mol. The highest BCUT2D eigenvalue weighted by molar-refractivity contribution is 5.88. The zero-order valence-corrected chi connectivity index (χ0v) is 7.61. The number of aromatic nitrogens is 2. The van der Waals surface area contributed by atoms with Crippen LogP contribution in [0.3, 0.4) is 0 Å². The topological polar surface area (TPSA) is 138 Å². The van der Waals surface area contributed by atoms with Gasteiger partial charge in [-0.2, -0.15) is 4.98 Å². The van der Waals surface area contributed by atoms with Gasteiger partial charge in [-0.15, -0.1) is 0 Å². The number of carbonyl (C=O) groups is 1. The fraction of sp³-hybridized carbons (Fsp3) is 0. The van der Waals surface area contributed by atoms with Crippen LogP contribution in [0.5, 0.6) is 0 Å². The Balaban J connectivity index is 2.35. The highest BCUT2D eigenvalue weighted by Gasteiger charge is 2.18. The zero-order valence-electron chi connectivity index (χ0n) is 7.61. The molecule has 2 aromatic rings. The monoisotopic (exact) mass is 224 g/mol. The van der Waals surface area contributed by atoms with Crippen molar-refractivity contribution in [1.29, 1.82) is 0 Å². The van der Waals surface area contributed by atoms with Gasteiger partial charge in [0, 0.05) is 0 Å². The number of nitrogens with two attached hydrogens (primary N) is 1. The molecule has 2 heterocycles. The van der Waals surface area contributed by atoms with Crippen LogP contribution in [0.15, 0.2) is 21.1 Å². The number of amides is 1. The summed E-state index contributed by atoms with van der Waals surface area (Å²) < 4.78 is 9.27. The number of rotatable bonds is 3. The smallest absolute Gasteiger partial charge is 0.397 e. The van der Waals surface area contributed by atoms with Crippen LogP contribution in [-0.2, 0) is 0 Å². The van der Waals surface area contributed by atoms with E-state index in [0.717, 1.165) is 6.07 Å². The minimum absolute atomic E-state index is 0.0166. The van der Waals surface area contributed by atoms with Gasteiger partial charge in [-0.1, -0.05) is 5.16 Å². The SMILES string of the molecule is NC(=O)c1nc(-c2ccc([N+](=O)[O-])o2)no1. The summed E-state index contributed by atoms with van der Waals surface area (Å²) in [6, 6.07) is 2.42. The summed E-state index contributed by atoms with van der Waals surface area (Å²) in [5.41, 5.74) is 4.88. The largest absolute Gasteiger partial charge is 0.433 e. The van der Waals surface area contributed by atoms with Gasteiger partial charge in [0.05, 0.1) is 6.07 Å². The van der Waals surface area contributed by atoms with Crippen molar-refractivity contribution >= 4 is 11.8 Å². The van der Waals surface area contributed by atoms with E-state index >= 15 is 0 Å². The number of primary amides is 1. The van der Waals surface area contributed by atoms with E-state index in [0.29, 0.717) is 0 Å². The van der Waals surface area contributed by atoms with Crippen LogP contribution in [0.25, 0.3) is 11.6 Å². The van der Waals surface area contributed by atoms with E-state index in [4.69, 9.17) is 10.2 Å². The Morgan fingerprint density at radius 2 is 2.25 bits per heavy atom. The van der Waals surface area contributed by atoms with E-state index < -0.39 is 22.6 Å². The molecule has 0 aliphatic heterocycles. The lowest BCUT2D eigenvalue weighted by atomic mass is 10.4. The van der Waals surface area contributed by atoms with Gasteiger partial charge in [-0.25, -0.2) is 0 Å². The Morgan fingerprint density at radius 1 is 1.50 bits per heavy atom. The molecule has 9 heteroatoms. The Morgan fingerprint density at radius 3 is 2.75 bits per heavy atom. The van der Waals surface area contributed by atoms with Crippen LogP contribution in [0.1, 0.15) is 10.7 Å². The summed E-state index contributed by atoms with van der Waals surface area (Å²) in [4.78, 5) is 23.9. The number of hydrogen-bond donors (Lipinski definition) is 1. The first-order valence-corrected chi connectivity index (χ1v) is 3.96. The van der Waals surface area contributed by atoms with E-state index in [-0.39, 0.29) is 11.6 Å². The van der Waals surface area contributed by atoms with Crippen molar-refractivity contribution in [1.82, 2.24) is 10.1 Å². The Labute approximate surface area is 87.0 Å². The standard InChI is InChI=1S/C7H4N4O5/c8-5(12)7-9-6(10-16-7)3-1-2-4(15-3)11(13)14/h1-2H,(H2,8,12). The molecule has 2 aromatic heterocycles. The highest BCUT2D eigenvalue weighted by Crippen LogP contribution is 2.23. The maximum Gasteiger partial charge on any atom is 0.433 e. The molecule has 16 heavy (non-hydrogen) atoms. The lowest BCUT2D eigenvalue weighted by Gasteiger charge is -1.83. The normalized spacial score (nSPS) is 10.2. The van der Waals surface area contributed by atoms with Crippen molar-refractivity contribution in [3.05, 3.63) is 28.1 Å². The van der Waals surface area contributed by atoms with Crippen LogP contribution < -0.4 is 5.73 Å². The van der Waals surface area contributed by atoms with Gasteiger partial charge in [0.25, 0.3) is 0 Å². The maximum atomic E-state index is 10.6. The fourth-order valence-electron chi connectivity index (χ4n) is 0.970. The molecule has 2 rings (SSSR count). The van der Waals surface area contributed by atoms with Gasteiger partial charge in [-0.05, 0) is 6.07 Å². The third-order valence-electron chi connectivity index (χ3n) is 1.63. The molecule has 0 fully saturated rings. The van der Waals surface area contributed by atoms with Crippen LogP contribution in [0.4, 0.5) is 5.88 Å². The van der Waals surface area contributed by atoms with E-state index in [1.165, 1.54) is 6.07 Å². The lowest BCUT2D eigenvalue weighted by molar-refractivity contribution is -0.401. The molecule has 0 saturated carbocycles. The summed E-state index contributed by atoms with van der Waals surface area (Å²) in [5, 5.41) is 13.7. The highest BCUT2D eigenvalue weighted by atomic mass is 16.6. The van der Waals surface area contributed by atoms with Crippen LogP contribution in [-0.4, -0.2) is 21.0 Å². The molecule has 0 aliphatic carbocycles. The first-order valence-electron chi connectivity index (χ1n) is 3.96. The molecule has 1 amide bonds. The van der Waals surface area contributed by atoms with Crippen LogP contribution in [0, 0.1) is 10.1 Å². The Kier molecular flexibility index (Phi) is 2.12. The quantitative estimate of drug-likeness (QED) is 0.585. The summed E-state index contributed by atoms with van der Waals surface area (Å²) >= 11 is 0. The summed E-state index contributed by atoms with van der Waals surface area (Å²) in [6.45, 7) is 0. The molecule has 0 radical (unpaired) electrons. The molecule has 0 spiro atoms. The van der Waals surface area contributed by atoms with Crippen molar-refractivity contribution in [3.63, 3.8) is 0 Å². The lowest BCUT2D eigenvalue weighted by Crippen LogP contribution is -2.10. The molecule has 82 valence electrons. The molecular formula is C7H4N4O5. The number of furan rings is 1. The number of nitrogens with zero attached hydrogens (tertiary/aromatic N) is 3. The second-order valence-electron chi connectivity index (χ2n) is 2.68. The van der Waals surface area contributed by atoms with Gasteiger partial charge >= 0.3 is 17.7 Å². The van der Waals surface area contributed by atoms with Crippen molar-refractivity contribution in [2.75, 3.05) is 0 Å². The number of hydrogen-bond acceptors (Lipinski definition) is 7. The molecular weight excluding hydrogens is 220 g/mol. The third kappa shape index (κ3) is 1.61. The molecule has 0 aliphatic rings. The summed E-state index contributed by atoms with van der Waals surface area (Å²) in [7, 11) is 0.